The number of carbonyl (C=O) groups is 1. The maximum absolute atomic E-state index is 13.2. The molecule has 4 nitrogen and oxygen atoms in total. The molecular formula is C14H8FIN2O2. The summed E-state index contributed by atoms with van der Waals surface area (Å²) < 4.78 is 15.6. The average Bonchev–Trinajstić information content (AvgIpc) is 2.82. The zero-order valence-corrected chi connectivity index (χ0v) is 12.2. The van der Waals surface area contributed by atoms with Crippen LogP contribution in [0.2, 0.25) is 0 Å². The molecule has 0 aliphatic rings. The Morgan fingerprint density at radius 2 is 2.10 bits per heavy atom. The summed E-state index contributed by atoms with van der Waals surface area (Å²) in [6, 6.07) is 9.39. The summed E-state index contributed by atoms with van der Waals surface area (Å²) in [5.41, 5.74) is 2.00. The molecule has 0 unspecified atom stereocenters. The molecule has 0 spiro atoms. The number of para-hydroxylation sites is 1. The molecule has 0 bridgehead atoms. The summed E-state index contributed by atoms with van der Waals surface area (Å²) in [7, 11) is 0. The molecule has 1 heterocycles. The van der Waals surface area contributed by atoms with E-state index in [1.165, 1.54) is 18.2 Å². The van der Waals surface area contributed by atoms with Crippen LogP contribution in [0.1, 0.15) is 10.4 Å². The lowest BCUT2D eigenvalue weighted by Gasteiger charge is -2.07. The van der Waals surface area contributed by atoms with Gasteiger partial charge in [0.25, 0.3) is 0 Å². The predicted octanol–water partition coefficient (Wildman–Crippen LogP) is 3.47. The Morgan fingerprint density at radius 1 is 1.30 bits per heavy atom. The van der Waals surface area contributed by atoms with E-state index in [9.17, 15) is 9.18 Å². The lowest BCUT2D eigenvalue weighted by atomic mass is 10.2. The molecule has 2 aromatic carbocycles. The van der Waals surface area contributed by atoms with E-state index in [-0.39, 0.29) is 11.4 Å². The fourth-order valence-corrected chi connectivity index (χ4v) is 2.82. The van der Waals surface area contributed by atoms with Gasteiger partial charge in [-0.1, -0.05) is 6.07 Å². The number of fused-ring (bicyclic) bond motifs is 1. The maximum Gasteiger partial charge on any atom is 0.337 e. The van der Waals surface area contributed by atoms with Crippen LogP contribution in [0.25, 0.3) is 16.7 Å². The summed E-state index contributed by atoms with van der Waals surface area (Å²) in [5.74, 6) is -1.33. The fraction of sp³-hybridized carbons (Fsp3) is 0. The minimum Gasteiger partial charge on any atom is -0.478 e. The molecule has 0 saturated heterocycles. The summed E-state index contributed by atoms with van der Waals surface area (Å²) in [4.78, 5) is 15.3. The van der Waals surface area contributed by atoms with Gasteiger partial charge in [-0.25, -0.2) is 14.2 Å². The number of nitrogens with zero attached hydrogens (tertiary/aromatic N) is 2. The van der Waals surface area contributed by atoms with Crippen molar-refractivity contribution in [3.63, 3.8) is 0 Å². The second kappa shape index (κ2) is 4.86. The van der Waals surface area contributed by atoms with Gasteiger partial charge in [-0.05, 0) is 52.9 Å². The zero-order valence-electron chi connectivity index (χ0n) is 10.0. The van der Waals surface area contributed by atoms with Gasteiger partial charge in [-0.3, -0.25) is 4.57 Å². The molecule has 0 aliphatic carbocycles. The predicted molar refractivity (Wildman–Crippen MR) is 80.7 cm³/mol. The first kappa shape index (κ1) is 13.0. The maximum atomic E-state index is 13.2. The van der Waals surface area contributed by atoms with Crippen LogP contribution in [-0.4, -0.2) is 20.6 Å². The van der Waals surface area contributed by atoms with Gasteiger partial charge in [0.2, 0.25) is 0 Å². The number of hydrogen-bond donors (Lipinski definition) is 1. The van der Waals surface area contributed by atoms with Gasteiger partial charge >= 0.3 is 5.97 Å². The molecule has 0 amide bonds. The van der Waals surface area contributed by atoms with Crippen LogP contribution in [-0.2, 0) is 0 Å². The second-order valence-electron chi connectivity index (χ2n) is 4.19. The topological polar surface area (TPSA) is 55.1 Å². The van der Waals surface area contributed by atoms with Gasteiger partial charge in [0, 0.05) is 3.57 Å². The van der Waals surface area contributed by atoms with Gasteiger partial charge in [0.05, 0.1) is 16.8 Å². The van der Waals surface area contributed by atoms with E-state index >= 15 is 0 Å². The smallest absolute Gasteiger partial charge is 0.337 e. The quantitative estimate of drug-likeness (QED) is 0.691. The van der Waals surface area contributed by atoms with Crippen molar-refractivity contribution < 1.29 is 14.3 Å². The van der Waals surface area contributed by atoms with Crippen molar-refractivity contribution in [3.8, 4) is 5.69 Å². The first-order chi connectivity index (χ1) is 9.58. The summed E-state index contributed by atoms with van der Waals surface area (Å²) in [6.07, 6.45) is 1.55. The molecular weight excluding hydrogens is 374 g/mol. The fourth-order valence-electron chi connectivity index (χ4n) is 2.08. The minimum atomic E-state index is -1.02. The Labute approximate surface area is 127 Å². The van der Waals surface area contributed by atoms with E-state index in [0.29, 0.717) is 11.0 Å². The normalized spacial score (nSPS) is 10.9. The Hall–Kier alpha value is -1.96. The Kier molecular flexibility index (Phi) is 3.17. The SMILES string of the molecule is O=C(O)c1cccc2c1ncn2-c1ccc(F)cc1I. The molecule has 0 radical (unpaired) electrons. The number of carboxylic acid groups (broad SMARTS) is 1. The van der Waals surface area contributed by atoms with Crippen molar-refractivity contribution in [3.05, 3.63) is 57.7 Å². The third-order valence-corrected chi connectivity index (χ3v) is 3.84. The first-order valence-corrected chi connectivity index (χ1v) is 6.80. The monoisotopic (exact) mass is 382 g/mol. The standard InChI is InChI=1S/C14H8FIN2O2/c15-8-4-5-11(10(16)6-8)18-7-17-13-9(14(19)20)2-1-3-12(13)18/h1-7H,(H,19,20). The lowest BCUT2D eigenvalue weighted by molar-refractivity contribution is 0.0699. The molecule has 0 aliphatic heterocycles. The first-order valence-electron chi connectivity index (χ1n) is 5.72. The van der Waals surface area contributed by atoms with Crippen LogP contribution in [0, 0.1) is 9.39 Å². The third kappa shape index (κ3) is 2.05. The van der Waals surface area contributed by atoms with Gasteiger partial charge in [0.1, 0.15) is 17.7 Å². The molecule has 1 aromatic heterocycles. The number of halogens is 2. The van der Waals surface area contributed by atoms with E-state index in [1.54, 1.807) is 29.1 Å². The molecule has 100 valence electrons. The molecule has 0 saturated carbocycles. The Morgan fingerprint density at radius 3 is 2.80 bits per heavy atom. The van der Waals surface area contributed by atoms with Crippen LogP contribution in [0.4, 0.5) is 4.39 Å². The number of carboxylic acids is 1. The van der Waals surface area contributed by atoms with Crippen LogP contribution in [0.5, 0.6) is 0 Å². The Balaban J connectivity index is 2.28. The molecule has 3 rings (SSSR count). The van der Waals surface area contributed by atoms with Gasteiger partial charge in [0.15, 0.2) is 0 Å². The van der Waals surface area contributed by atoms with E-state index in [4.69, 9.17) is 5.11 Å². The zero-order chi connectivity index (χ0) is 14.3. The Bertz CT molecular complexity index is 829. The van der Waals surface area contributed by atoms with Gasteiger partial charge in [-0.2, -0.15) is 0 Å². The largest absolute Gasteiger partial charge is 0.478 e. The van der Waals surface area contributed by atoms with Gasteiger partial charge < -0.3 is 5.11 Å². The summed E-state index contributed by atoms with van der Waals surface area (Å²) in [5, 5.41) is 9.15. The van der Waals surface area contributed by atoms with Crippen LogP contribution in [0.15, 0.2) is 42.7 Å². The van der Waals surface area contributed by atoms with Crippen molar-refractivity contribution in [1.82, 2.24) is 9.55 Å². The molecule has 0 fully saturated rings. The van der Waals surface area contributed by atoms with Crippen molar-refractivity contribution in [2.75, 3.05) is 0 Å². The number of rotatable bonds is 2. The summed E-state index contributed by atoms with van der Waals surface area (Å²) >= 11 is 2.04. The van der Waals surface area contributed by atoms with E-state index in [1.807, 2.05) is 22.6 Å². The van der Waals surface area contributed by atoms with Crippen LogP contribution >= 0.6 is 22.6 Å². The molecule has 1 N–H and O–H groups in total. The highest BCUT2D eigenvalue weighted by Crippen LogP contribution is 2.24. The van der Waals surface area contributed by atoms with Crippen molar-refractivity contribution in [2.24, 2.45) is 0 Å². The lowest BCUT2D eigenvalue weighted by Crippen LogP contribution is -1.99. The molecule has 20 heavy (non-hydrogen) atoms. The highest BCUT2D eigenvalue weighted by Gasteiger charge is 2.14. The minimum absolute atomic E-state index is 0.151. The van der Waals surface area contributed by atoms with Crippen molar-refractivity contribution in [1.29, 1.82) is 0 Å². The third-order valence-electron chi connectivity index (χ3n) is 2.98. The highest BCUT2D eigenvalue weighted by atomic mass is 127. The van der Waals surface area contributed by atoms with E-state index in [2.05, 4.69) is 4.98 Å². The molecule has 0 atom stereocenters. The highest BCUT2D eigenvalue weighted by molar-refractivity contribution is 14.1. The number of imidazole rings is 1. The number of hydrogen-bond acceptors (Lipinski definition) is 2. The summed E-state index contributed by atoms with van der Waals surface area (Å²) in [6.45, 7) is 0. The van der Waals surface area contributed by atoms with Gasteiger partial charge in [-0.15, -0.1) is 0 Å². The number of aromatic carboxylic acids is 1. The van der Waals surface area contributed by atoms with E-state index in [0.717, 1.165) is 9.26 Å². The molecule has 3 aromatic rings. The number of aromatic nitrogens is 2. The van der Waals surface area contributed by atoms with Crippen molar-refractivity contribution >= 4 is 39.6 Å². The average molecular weight is 382 g/mol. The number of benzene rings is 2. The van der Waals surface area contributed by atoms with E-state index < -0.39 is 5.97 Å². The van der Waals surface area contributed by atoms with Crippen molar-refractivity contribution in [2.45, 2.75) is 0 Å². The van der Waals surface area contributed by atoms with Crippen LogP contribution in [0.3, 0.4) is 0 Å². The van der Waals surface area contributed by atoms with Crippen LogP contribution < -0.4 is 0 Å². The second-order valence-corrected chi connectivity index (χ2v) is 5.35. The molecule has 6 heteroatoms.